The molecule has 4 nitrogen and oxygen atoms in total. The fourth-order valence-electron chi connectivity index (χ4n) is 2.04. The second-order valence-electron chi connectivity index (χ2n) is 4.09. The summed E-state index contributed by atoms with van der Waals surface area (Å²) in [4.78, 5) is 8.60. The molecule has 0 N–H and O–H groups in total. The van der Waals surface area contributed by atoms with Crippen LogP contribution in [0.4, 0.5) is 0 Å². The average molecular weight is 226 g/mol. The zero-order valence-electron chi connectivity index (χ0n) is 9.74. The Labute approximate surface area is 99.5 Å². The molecule has 0 bridgehead atoms. The number of fused-ring (bicyclic) bond motifs is 1. The highest BCUT2D eigenvalue weighted by atomic mass is 15.1. The van der Waals surface area contributed by atoms with Crippen LogP contribution in [0, 0.1) is 6.92 Å². The Morgan fingerprint density at radius 2 is 1.88 bits per heavy atom. The first-order valence-electron chi connectivity index (χ1n) is 5.72. The van der Waals surface area contributed by atoms with E-state index in [1.54, 1.807) is 0 Å². The van der Waals surface area contributed by atoms with Crippen LogP contribution in [0.1, 0.15) is 5.82 Å². The van der Waals surface area contributed by atoms with Crippen molar-refractivity contribution in [3.05, 3.63) is 48.8 Å². The van der Waals surface area contributed by atoms with Gasteiger partial charge in [0, 0.05) is 25.5 Å². The van der Waals surface area contributed by atoms with E-state index in [1.807, 2.05) is 43.8 Å². The number of rotatable bonds is 3. The van der Waals surface area contributed by atoms with Gasteiger partial charge in [0.1, 0.15) is 5.82 Å². The van der Waals surface area contributed by atoms with Crippen molar-refractivity contribution in [2.75, 3.05) is 0 Å². The Hall–Kier alpha value is -2.10. The number of aryl methyl sites for hydroxylation is 3. The van der Waals surface area contributed by atoms with Crippen molar-refractivity contribution in [2.45, 2.75) is 20.0 Å². The highest BCUT2D eigenvalue weighted by molar-refractivity contribution is 5.74. The topological polar surface area (TPSA) is 35.6 Å². The first-order chi connectivity index (χ1) is 8.34. The van der Waals surface area contributed by atoms with Gasteiger partial charge in [0.25, 0.3) is 0 Å². The zero-order chi connectivity index (χ0) is 11.7. The van der Waals surface area contributed by atoms with Gasteiger partial charge in [-0.1, -0.05) is 12.1 Å². The normalized spacial score (nSPS) is 11.1. The molecular formula is C13H14N4. The molecule has 3 aromatic rings. The maximum atomic E-state index is 4.38. The van der Waals surface area contributed by atoms with E-state index >= 15 is 0 Å². The molecule has 0 saturated carbocycles. The summed E-state index contributed by atoms with van der Waals surface area (Å²) in [6.07, 6.45) is 5.74. The number of aromatic nitrogens is 4. The molecule has 0 aliphatic rings. The lowest BCUT2D eigenvalue weighted by atomic mass is 10.3. The molecule has 1 aromatic carbocycles. The van der Waals surface area contributed by atoms with Crippen LogP contribution in [0.3, 0.4) is 0 Å². The molecule has 0 saturated heterocycles. The molecule has 0 spiro atoms. The Balaban J connectivity index is 1.84. The second kappa shape index (κ2) is 4.05. The van der Waals surface area contributed by atoms with Gasteiger partial charge in [-0.15, -0.1) is 0 Å². The highest BCUT2D eigenvalue weighted by Crippen LogP contribution is 2.11. The fraction of sp³-hybridized carbons (Fsp3) is 0.231. The van der Waals surface area contributed by atoms with Crippen LogP contribution in [0.5, 0.6) is 0 Å². The van der Waals surface area contributed by atoms with Gasteiger partial charge >= 0.3 is 0 Å². The minimum absolute atomic E-state index is 0.914. The lowest BCUT2D eigenvalue weighted by Gasteiger charge is -2.06. The van der Waals surface area contributed by atoms with Gasteiger partial charge < -0.3 is 9.13 Å². The Kier molecular flexibility index (Phi) is 2.40. The maximum absolute atomic E-state index is 4.38. The van der Waals surface area contributed by atoms with E-state index in [0.29, 0.717) is 0 Å². The van der Waals surface area contributed by atoms with Gasteiger partial charge in [0.15, 0.2) is 0 Å². The molecule has 4 heteroatoms. The van der Waals surface area contributed by atoms with Gasteiger partial charge in [0.2, 0.25) is 0 Å². The molecule has 0 amide bonds. The van der Waals surface area contributed by atoms with Gasteiger partial charge in [-0.2, -0.15) is 0 Å². The van der Waals surface area contributed by atoms with E-state index in [2.05, 4.69) is 25.2 Å². The molecule has 0 radical (unpaired) electrons. The summed E-state index contributed by atoms with van der Waals surface area (Å²) in [6, 6.07) is 8.19. The highest BCUT2D eigenvalue weighted by Gasteiger charge is 2.02. The molecule has 2 aromatic heterocycles. The van der Waals surface area contributed by atoms with E-state index in [-0.39, 0.29) is 0 Å². The summed E-state index contributed by atoms with van der Waals surface area (Å²) in [5, 5.41) is 0. The van der Waals surface area contributed by atoms with Crippen LogP contribution in [0.25, 0.3) is 11.0 Å². The summed E-state index contributed by atoms with van der Waals surface area (Å²) in [6.45, 7) is 3.86. The number of para-hydroxylation sites is 2. The fourth-order valence-corrected chi connectivity index (χ4v) is 2.04. The molecule has 2 heterocycles. The van der Waals surface area contributed by atoms with Crippen molar-refractivity contribution in [1.82, 2.24) is 19.1 Å². The number of nitrogens with zero attached hydrogens (tertiary/aromatic N) is 4. The number of benzene rings is 1. The van der Waals surface area contributed by atoms with Crippen molar-refractivity contribution >= 4 is 11.0 Å². The third-order valence-electron chi connectivity index (χ3n) is 3.03. The minimum Gasteiger partial charge on any atom is -0.333 e. The van der Waals surface area contributed by atoms with Gasteiger partial charge in [-0.3, -0.25) is 0 Å². The summed E-state index contributed by atoms with van der Waals surface area (Å²) in [5.41, 5.74) is 2.24. The first kappa shape index (κ1) is 10.1. The predicted molar refractivity (Wildman–Crippen MR) is 66.7 cm³/mol. The predicted octanol–water partition coefficient (Wildman–Crippen LogP) is 2.24. The molecular weight excluding hydrogens is 212 g/mol. The molecule has 0 aliphatic heterocycles. The number of hydrogen-bond acceptors (Lipinski definition) is 2. The largest absolute Gasteiger partial charge is 0.333 e. The van der Waals surface area contributed by atoms with Crippen LogP contribution < -0.4 is 0 Å². The standard InChI is InChI=1S/C13H14N4/c1-11-14-6-7-16(11)8-9-17-10-15-12-4-2-3-5-13(12)17/h2-7,10H,8-9H2,1H3. The van der Waals surface area contributed by atoms with Crippen LogP contribution in [0.15, 0.2) is 43.0 Å². The van der Waals surface area contributed by atoms with Crippen molar-refractivity contribution in [1.29, 1.82) is 0 Å². The van der Waals surface area contributed by atoms with Crippen molar-refractivity contribution in [2.24, 2.45) is 0 Å². The Bertz CT molecular complexity index is 635. The summed E-state index contributed by atoms with van der Waals surface area (Å²) >= 11 is 0. The zero-order valence-corrected chi connectivity index (χ0v) is 9.74. The maximum Gasteiger partial charge on any atom is 0.105 e. The Morgan fingerprint density at radius 3 is 2.71 bits per heavy atom. The summed E-state index contributed by atoms with van der Waals surface area (Å²) in [5.74, 6) is 1.05. The molecule has 17 heavy (non-hydrogen) atoms. The molecule has 86 valence electrons. The van der Waals surface area contributed by atoms with Crippen molar-refractivity contribution < 1.29 is 0 Å². The molecule has 0 atom stereocenters. The van der Waals surface area contributed by atoms with Crippen LogP contribution in [0.2, 0.25) is 0 Å². The SMILES string of the molecule is Cc1nccn1CCn1cnc2ccccc21. The summed E-state index contributed by atoms with van der Waals surface area (Å²) < 4.78 is 4.32. The average Bonchev–Trinajstić information content (AvgIpc) is 2.93. The molecule has 0 aliphatic carbocycles. The quantitative estimate of drug-likeness (QED) is 0.686. The third-order valence-corrected chi connectivity index (χ3v) is 3.03. The lowest BCUT2D eigenvalue weighted by Crippen LogP contribution is -2.07. The van der Waals surface area contributed by atoms with Crippen molar-refractivity contribution in [3.8, 4) is 0 Å². The van der Waals surface area contributed by atoms with Crippen LogP contribution >= 0.6 is 0 Å². The van der Waals surface area contributed by atoms with Crippen LogP contribution in [-0.4, -0.2) is 19.1 Å². The number of hydrogen-bond donors (Lipinski definition) is 0. The second-order valence-corrected chi connectivity index (χ2v) is 4.09. The van der Waals surface area contributed by atoms with E-state index < -0.39 is 0 Å². The summed E-state index contributed by atoms with van der Waals surface area (Å²) in [7, 11) is 0. The van der Waals surface area contributed by atoms with Gasteiger partial charge in [-0.05, 0) is 19.1 Å². The molecule has 0 unspecified atom stereocenters. The van der Waals surface area contributed by atoms with Crippen molar-refractivity contribution in [3.63, 3.8) is 0 Å². The number of imidazole rings is 2. The van der Waals surface area contributed by atoms with Gasteiger partial charge in [-0.25, -0.2) is 9.97 Å². The van der Waals surface area contributed by atoms with Crippen LogP contribution in [-0.2, 0) is 13.1 Å². The van der Waals surface area contributed by atoms with E-state index in [0.717, 1.165) is 24.4 Å². The smallest absolute Gasteiger partial charge is 0.105 e. The Morgan fingerprint density at radius 1 is 1.06 bits per heavy atom. The van der Waals surface area contributed by atoms with E-state index in [9.17, 15) is 0 Å². The molecule has 0 fully saturated rings. The van der Waals surface area contributed by atoms with E-state index in [4.69, 9.17) is 0 Å². The first-order valence-corrected chi connectivity index (χ1v) is 5.72. The van der Waals surface area contributed by atoms with E-state index in [1.165, 1.54) is 5.52 Å². The van der Waals surface area contributed by atoms with Gasteiger partial charge in [0.05, 0.1) is 17.4 Å². The monoisotopic (exact) mass is 226 g/mol. The minimum atomic E-state index is 0.914. The third kappa shape index (κ3) is 1.82. The molecule has 3 rings (SSSR count). The lowest BCUT2D eigenvalue weighted by molar-refractivity contribution is 0.577.